The maximum absolute atomic E-state index is 12.2. The predicted octanol–water partition coefficient (Wildman–Crippen LogP) is 2.73. The van der Waals surface area contributed by atoms with E-state index in [1.54, 1.807) is 4.68 Å². The zero-order chi connectivity index (χ0) is 15.4. The van der Waals surface area contributed by atoms with Crippen LogP contribution in [0.1, 0.15) is 25.1 Å². The minimum Gasteiger partial charge on any atom is -0.371 e. The first-order valence-corrected chi connectivity index (χ1v) is 7.16. The molecule has 0 saturated carbocycles. The van der Waals surface area contributed by atoms with E-state index in [4.69, 9.17) is 0 Å². The molecular weight excluding hydrogens is 264 g/mol. The molecule has 5 heteroatoms. The zero-order valence-corrected chi connectivity index (χ0v) is 13.0. The number of rotatable bonds is 5. The van der Waals surface area contributed by atoms with Crippen LogP contribution in [-0.2, 0) is 18.3 Å². The first-order chi connectivity index (χ1) is 9.99. The molecule has 1 unspecified atom stereocenters. The third-order valence-electron chi connectivity index (χ3n) is 3.32. The van der Waals surface area contributed by atoms with Crippen LogP contribution in [0.5, 0.6) is 0 Å². The van der Waals surface area contributed by atoms with Gasteiger partial charge in [-0.3, -0.25) is 9.48 Å². The summed E-state index contributed by atoms with van der Waals surface area (Å²) in [5.41, 5.74) is 3.85. The average Bonchev–Trinajstić information content (AvgIpc) is 2.81. The molecule has 5 nitrogen and oxygen atoms in total. The molecule has 2 aromatic rings. The molecule has 2 N–H and O–H groups in total. The predicted molar refractivity (Wildman–Crippen MR) is 85.5 cm³/mol. The minimum atomic E-state index is -0.333. The van der Waals surface area contributed by atoms with Gasteiger partial charge in [-0.05, 0) is 32.4 Å². The van der Waals surface area contributed by atoms with Crippen molar-refractivity contribution in [3.05, 3.63) is 41.7 Å². The van der Waals surface area contributed by atoms with Gasteiger partial charge in [-0.15, -0.1) is 0 Å². The Labute approximate surface area is 125 Å². The molecule has 0 aliphatic carbocycles. The third-order valence-corrected chi connectivity index (χ3v) is 3.32. The molecule has 1 atom stereocenters. The van der Waals surface area contributed by atoms with Crippen molar-refractivity contribution in [1.82, 2.24) is 9.78 Å². The summed E-state index contributed by atoms with van der Waals surface area (Å²) in [6.07, 6.45) is 2.73. The highest BCUT2D eigenvalue weighted by molar-refractivity contribution is 5.96. The summed E-state index contributed by atoms with van der Waals surface area (Å²) >= 11 is 0. The molecule has 112 valence electrons. The van der Waals surface area contributed by atoms with Gasteiger partial charge in [0.2, 0.25) is 5.91 Å². The lowest BCUT2D eigenvalue weighted by Crippen LogP contribution is -2.32. The van der Waals surface area contributed by atoms with Crippen LogP contribution >= 0.6 is 0 Å². The second kappa shape index (κ2) is 6.43. The largest absolute Gasteiger partial charge is 0.371 e. The molecule has 0 radical (unpaired) electrons. The lowest BCUT2D eigenvalue weighted by Gasteiger charge is -2.15. The van der Waals surface area contributed by atoms with Gasteiger partial charge in [-0.25, -0.2) is 0 Å². The summed E-state index contributed by atoms with van der Waals surface area (Å²) in [6, 6.07) is 7.43. The van der Waals surface area contributed by atoms with E-state index in [1.807, 2.05) is 58.3 Å². The van der Waals surface area contributed by atoms with Crippen LogP contribution in [0, 0.1) is 6.92 Å². The van der Waals surface area contributed by atoms with Crippen molar-refractivity contribution in [1.29, 1.82) is 0 Å². The number of nitrogens with zero attached hydrogens (tertiary/aromatic N) is 2. The Hall–Kier alpha value is -2.30. The molecule has 0 aliphatic heterocycles. The van der Waals surface area contributed by atoms with Crippen LogP contribution in [0.25, 0.3) is 0 Å². The Balaban J connectivity index is 2.00. The van der Waals surface area contributed by atoms with Gasteiger partial charge >= 0.3 is 0 Å². The molecule has 0 bridgehead atoms. The fraction of sp³-hybridized carbons (Fsp3) is 0.375. The standard InChI is InChI=1S/C16H22N4O/c1-5-14-15(10-20(4)19-14)17-12(3)16(21)18-13-8-6-11(2)7-9-13/h6-10,12,17H,5H2,1-4H3,(H,18,21). The lowest BCUT2D eigenvalue weighted by atomic mass is 10.2. The van der Waals surface area contributed by atoms with Gasteiger partial charge in [0, 0.05) is 18.9 Å². The Morgan fingerprint density at radius 3 is 2.62 bits per heavy atom. The molecule has 0 spiro atoms. The van der Waals surface area contributed by atoms with E-state index in [9.17, 15) is 4.79 Å². The minimum absolute atomic E-state index is 0.0650. The fourth-order valence-corrected chi connectivity index (χ4v) is 2.10. The smallest absolute Gasteiger partial charge is 0.246 e. The van der Waals surface area contributed by atoms with Gasteiger partial charge in [0.15, 0.2) is 0 Å². The van der Waals surface area contributed by atoms with Crippen LogP contribution in [-0.4, -0.2) is 21.7 Å². The van der Waals surface area contributed by atoms with Crippen molar-refractivity contribution in [2.75, 3.05) is 10.6 Å². The molecule has 2 rings (SSSR count). The number of amides is 1. The van der Waals surface area contributed by atoms with E-state index in [2.05, 4.69) is 15.7 Å². The van der Waals surface area contributed by atoms with E-state index < -0.39 is 0 Å². The summed E-state index contributed by atoms with van der Waals surface area (Å²) in [4.78, 5) is 12.2. The molecule has 0 saturated heterocycles. The molecule has 0 aliphatic rings. The van der Waals surface area contributed by atoms with Crippen LogP contribution < -0.4 is 10.6 Å². The molecular formula is C16H22N4O. The number of nitrogens with one attached hydrogen (secondary N) is 2. The average molecular weight is 286 g/mol. The number of hydrogen-bond acceptors (Lipinski definition) is 3. The number of carbonyl (C=O) groups is 1. The van der Waals surface area contributed by atoms with Crippen molar-refractivity contribution in [3.63, 3.8) is 0 Å². The zero-order valence-electron chi connectivity index (χ0n) is 13.0. The normalized spacial score (nSPS) is 12.0. The Kier molecular flexibility index (Phi) is 4.62. The van der Waals surface area contributed by atoms with Crippen molar-refractivity contribution >= 4 is 17.3 Å². The van der Waals surface area contributed by atoms with Gasteiger partial charge in [-0.2, -0.15) is 5.10 Å². The second-order valence-electron chi connectivity index (χ2n) is 5.24. The number of anilines is 2. The summed E-state index contributed by atoms with van der Waals surface area (Å²) < 4.78 is 1.76. The summed E-state index contributed by atoms with van der Waals surface area (Å²) in [6.45, 7) is 5.91. The van der Waals surface area contributed by atoms with Crippen LogP contribution in [0.4, 0.5) is 11.4 Å². The quantitative estimate of drug-likeness (QED) is 0.888. The van der Waals surface area contributed by atoms with Gasteiger partial charge in [-0.1, -0.05) is 24.6 Å². The third kappa shape index (κ3) is 3.84. The highest BCUT2D eigenvalue weighted by Gasteiger charge is 2.15. The summed E-state index contributed by atoms with van der Waals surface area (Å²) in [5, 5.41) is 10.5. The van der Waals surface area contributed by atoms with Crippen molar-refractivity contribution in [2.24, 2.45) is 7.05 Å². The highest BCUT2D eigenvalue weighted by Crippen LogP contribution is 2.16. The number of carbonyl (C=O) groups excluding carboxylic acids is 1. The topological polar surface area (TPSA) is 59.0 Å². The molecule has 21 heavy (non-hydrogen) atoms. The molecule has 1 amide bonds. The number of aromatic nitrogens is 2. The molecule has 1 aromatic carbocycles. The van der Waals surface area contributed by atoms with E-state index >= 15 is 0 Å². The van der Waals surface area contributed by atoms with Crippen LogP contribution in [0.15, 0.2) is 30.5 Å². The van der Waals surface area contributed by atoms with E-state index in [-0.39, 0.29) is 11.9 Å². The summed E-state index contributed by atoms with van der Waals surface area (Å²) in [5.74, 6) is -0.0650. The molecule has 1 aromatic heterocycles. The Morgan fingerprint density at radius 1 is 1.33 bits per heavy atom. The number of hydrogen-bond donors (Lipinski definition) is 2. The van der Waals surface area contributed by atoms with Gasteiger partial charge in [0.25, 0.3) is 0 Å². The SMILES string of the molecule is CCc1nn(C)cc1NC(C)C(=O)Nc1ccc(C)cc1. The molecule has 1 heterocycles. The number of aryl methyl sites for hydroxylation is 3. The van der Waals surface area contributed by atoms with E-state index in [0.717, 1.165) is 23.5 Å². The number of benzene rings is 1. The van der Waals surface area contributed by atoms with Gasteiger partial charge in [0.1, 0.15) is 6.04 Å². The van der Waals surface area contributed by atoms with E-state index in [1.165, 1.54) is 5.56 Å². The Morgan fingerprint density at radius 2 is 2.00 bits per heavy atom. The van der Waals surface area contributed by atoms with Gasteiger partial charge < -0.3 is 10.6 Å². The van der Waals surface area contributed by atoms with Crippen molar-refractivity contribution < 1.29 is 4.79 Å². The maximum atomic E-state index is 12.2. The first kappa shape index (κ1) is 15.1. The monoisotopic (exact) mass is 286 g/mol. The van der Waals surface area contributed by atoms with Crippen molar-refractivity contribution in [2.45, 2.75) is 33.2 Å². The van der Waals surface area contributed by atoms with Crippen molar-refractivity contribution in [3.8, 4) is 0 Å². The highest BCUT2D eigenvalue weighted by atomic mass is 16.2. The molecule has 0 fully saturated rings. The second-order valence-corrected chi connectivity index (χ2v) is 5.24. The van der Waals surface area contributed by atoms with Crippen LogP contribution in [0.2, 0.25) is 0 Å². The maximum Gasteiger partial charge on any atom is 0.246 e. The van der Waals surface area contributed by atoms with Crippen LogP contribution in [0.3, 0.4) is 0 Å². The Bertz CT molecular complexity index is 616. The fourth-order valence-electron chi connectivity index (χ4n) is 2.10. The summed E-state index contributed by atoms with van der Waals surface area (Å²) in [7, 11) is 1.88. The first-order valence-electron chi connectivity index (χ1n) is 7.16. The van der Waals surface area contributed by atoms with Gasteiger partial charge in [0.05, 0.1) is 11.4 Å². The van der Waals surface area contributed by atoms with E-state index in [0.29, 0.717) is 0 Å². The lowest BCUT2D eigenvalue weighted by molar-refractivity contribution is -0.116.